The maximum absolute atomic E-state index is 6.46. The molecule has 2 heterocycles. The van der Waals surface area contributed by atoms with E-state index in [-0.39, 0.29) is 6.10 Å². The van der Waals surface area contributed by atoms with Gasteiger partial charge in [-0.15, -0.1) is 0 Å². The monoisotopic (exact) mass is 329 g/mol. The molecule has 0 spiro atoms. The largest absolute Gasteiger partial charge is 0.371 e. The highest BCUT2D eigenvalue weighted by Crippen LogP contribution is 2.39. The number of nitrogens with one attached hydrogen (secondary N) is 1. The van der Waals surface area contributed by atoms with E-state index in [0.29, 0.717) is 12.3 Å². The highest BCUT2D eigenvalue weighted by molar-refractivity contribution is 6.31. The second kappa shape index (κ2) is 6.56. The fourth-order valence-electron chi connectivity index (χ4n) is 2.97. The molecule has 1 atom stereocenters. The quantitative estimate of drug-likeness (QED) is 0.935. The summed E-state index contributed by atoms with van der Waals surface area (Å²) in [5.74, 6) is 1.54. The first kappa shape index (κ1) is 15.1. The zero-order valence-electron chi connectivity index (χ0n) is 13.0. The molecule has 5 heteroatoms. The number of hydrogen-bond donors (Lipinski definition) is 1. The Morgan fingerprint density at radius 2 is 2.04 bits per heavy atom. The van der Waals surface area contributed by atoms with Gasteiger partial charge in [0.05, 0.1) is 12.7 Å². The first-order valence-corrected chi connectivity index (χ1v) is 8.59. The lowest BCUT2D eigenvalue weighted by Crippen LogP contribution is -2.33. The Morgan fingerprint density at radius 3 is 2.70 bits per heavy atom. The molecular weight excluding hydrogens is 310 g/mol. The number of morpholine rings is 1. The van der Waals surface area contributed by atoms with Crippen molar-refractivity contribution >= 4 is 11.6 Å². The molecular formula is C18H20ClN3O. The molecule has 4 nitrogen and oxygen atoms in total. The molecule has 2 aliphatic rings. The van der Waals surface area contributed by atoms with Gasteiger partial charge in [0.25, 0.3) is 0 Å². The van der Waals surface area contributed by atoms with Gasteiger partial charge in [-0.1, -0.05) is 23.7 Å². The molecule has 1 aliphatic heterocycles. The van der Waals surface area contributed by atoms with Crippen LogP contribution >= 0.6 is 11.6 Å². The summed E-state index contributed by atoms with van der Waals surface area (Å²) in [5, 5.41) is 4.09. The second-order valence-electron chi connectivity index (χ2n) is 6.30. The van der Waals surface area contributed by atoms with Crippen molar-refractivity contribution in [3.05, 3.63) is 58.1 Å². The first-order valence-electron chi connectivity index (χ1n) is 8.21. The number of halogens is 1. The van der Waals surface area contributed by atoms with Crippen LogP contribution in [0.25, 0.3) is 0 Å². The van der Waals surface area contributed by atoms with Crippen molar-refractivity contribution in [2.75, 3.05) is 19.7 Å². The van der Waals surface area contributed by atoms with Crippen LogP contribution in [0, 0.1) is 0 Å². The van der Waals surface area contributed by atoms with Crippen molar-refractivity contribution in [3.63, 3.8) is 0 Å². The molecule has 1 aliphatic carbocycles. The number of hydrogen-bond acceptors (Lipinski definition) is 4. The van der Waals surface area contributed by atoms with Crippen LogP contribution in [0.2, 0.25) is 5.02 Å². The van der Waals surface area contributed by atoms with Crippen LogP contribution in [0.15, 0.2) is 30.6 Å². The van der Waals surface area contributed by atoms with Crippen molar-refractivity contribution in [2.45, 2.75) is 31.3 Å². The van der Waals surface area contributed by atoms with Gasteiger partial charge in [0.2, 0.25) is 0 Å². The molecule has 1 N–H and O–H groups in total. The van der Waals surface area contributed by atoms with Crippen molar-refractivity contribution in [3.8, 4) is 0 Å². The van der Waals surface area contributed by atoms with E-state index < -0.39 is 0 Å². The topological polar surface area (TPSA) is 47.0 Å². The molecule has 0 bridgehead atoms. The minimum atomic E-state index is 0.0411. The maximum Gasteiger partial charge on any atom is 0.132 e. The molecule has 0 radical (unpaired) electrons. The second-order valence-corrected chi connectivity index (χ2v) is 6.71. The lowest BCUT2D eigenvalue weighted by atomic mass is 10.0. The Kier molecular flexibility index (Phi) is 4.29. The van der Waals surface area contributed by atoms with Gasteiger partial charge in [-0.05, 0) is 36.0 Å². The lowest BCUT2D eigenvalue weighted by Gasteiger charge is -2.24. The van der Waals surface area contributed by atoms with Gasteiger partial charge in [-0.2, -0.15) is 0 Å². The predicted molar refractivity (Wildman–Crippen MR) is 89.8 cm³/mol. The number of aromatic nitrogens is 2. The molecule has 4 rings (SSSR count). The summed E-state index contributed by atoms with van der Waals surface area (Å²) in [7, 11) is 0. The molecule has 23 heavy (non-hydrogen) atoms. The van der Waals surface area contributed by atoms with Crippen LogP contribution in [0.1, 0.15) is 47.4 Å². The third-order valence-corrected chi connectivity index (χ3v) is 4.80. The maximum atomic E-state index is 6.46. The van der Waals surface area contributed by atoms with Crippen LogP contribution in [-0.2, 0) is 11.2 Å². The Bertz CT molecular complexity index is 679. The summed E-state index contributed by atoms with van der Waals surface area (Å²) >= 11 is 6.46. The average molecular weight is 330 g/mol. The zero-order valence-corrected chi connectivity index (χ0v) is 13.7. The number of ether oxygens (including phenoxy) is 1. The molecule has 0 amide bonds. The van der Waals surface area contributed by atoms with Crippen molar-refractivity contribution < 1.29 is 4.74 Å². The van der Waals surface area contributed by atoms with Gasteiger partial charge in [-0.25, -0.2) is 9.97 Å². The van der Waals surface area contributed by atoms with Gasteiger partial charge >= 0.3 is 0 Å². The normalized spacial score (nSPS) is 21.3. The molecule has 1 aromatic heterocycles. The fraction of sp³-hybridized carbons (Fsp3) is 0.444. The van der Waals surface area contributed by atoms with Crippen LogP contribution < -0.4 is 5.32 Å². The van der Waals surface area contributed by atoms with E-state index >= 15 is 0 Å². The van der Waals surface area contributed by atoms with E-state index in [9.17, 15) is 0 Å². The average Bonchev–Trinajstić information content (AvgIpc) is 3.42. The fourth-order valence-corrected chi connectivity index (χ4v) is 3.30. The van der Waals surface area contributed by atoms with Crippen molar-refractivity contribution in [2.24, 2.45) is 0 Å². The minimum Gasteiger partial charge on any atom is -0.371 e. The van der Waals surface area contributed by atoms with E-state index in [1.807, 2.05) is 18.5 Å². The third kappa shape index (κ3) is 3.55. The summed E-state index contributed by atoms with van der Waals surface area (Å²) in [6.07, 6.45) is 7.24. The zero-order chi connectivity index (χ0) is 15.6. The highest BCUT2D eigenvalue weighted by Gasteiger charge is 2.24. The predicted octanol–water partition coefficient (Wildman–Crippen LogP) is 3.26. The first-order chi connectivity index (χ1) is 11.3. The smallest absolute Gasteiger partial charge is 0.132 e. The van der Waals surface area contributed by atoms with Crippen molar-refractivity contribution in [1.82, 2.24) is 15.3 Å². The van der Waals surface area contributed by atoms with E-state index in [1.165, 1.54) is 18.4 Å². The standard InChI is InChI=1S/C18H20ClN3O/c19-16-7-12(1-4-15(16)17-11-20-5-6-23-17)8-18-21-9-14(10-22-18)13-2-3-13/h1,4,7,9-10,13,17,20H,2-3,5-6,8,11H2/t17-/m0/s1. The summed E-state index contributed by atoms with van der Waals surface area (Å²) < 4.78 is 5.77. The molecule has 120 valence electrons. The van der Waals surface area contributed by atoms with Gasteiger partial charge in [0.15, 0.2) is 0 Å². The van der Waals surface area contributed by atoms with E-state index in [2.05, 4.69) is 27.4 Å². The third-order valence-electron chi connectivity index (χ3n) is 4.48. The van der Waals surface area contributed by atoms with Crippen LogP contribution in [0.5, 0.6) is 0 Å². The number of benzene rings is 1. The van der Waals surface area contributed by atoms with Crippen LogP contribution in [0.4, 0.5) is 0 Å². The van der Waals surface area contributed by atoms with Crippen LogP contribution in [-0.4, -0.2) is 29.7 Å². The molecule has 1 saturated heterocycles. The van der Waals surface area contributed by atoms with Crippen LogP contribution in [0.3, 0.4) is 0 Å². The Balaban J connectivity index is 1.47. The van der Waals surface area contributed by atoms with E-state index in [0.717, 1.165) is 41.7 Å². The number of nitrogens with zero attached hydrogens (tertiary/aromatic N) is 2. The SMILES string of the molecule is Clc1cc(Cc2ncc(C3CC3)cn2)ccc1[C@@H]1CNCCO1. The Hall–Kier alpha value is -1.49. The van der Waals surface area contributed by atoms with Gasteiger partial charge in [0, 0.05) is 42.5 Å². The summed E-state index contributed by atoms with van der Waals surface area (Å²) in [6, 6.07) is 6.16. The molecule has 1 aromatic carbocycles. The summed E-state index contributed by atoms with van der Waals surface area (Å²) in [4.78, 5) is 8.98. The van der Waals surface area contributed by atoms with Crippen molar-refractivity contribution in [1.29, 1.82) is 0 Å². The summed E-state index contributed by atoms with van der Waals surface area (Å²) in [6.45, 7) is 2.44. The molecule has 1 saturated carbocycles. The van der Waals surface area contributed by atoms with E-state index in [4.69, 9.17) is 16.3 Å². The molecule has 2 aromatic rings. The number of rotatable bonds is 4. The Morgan fingerprint density at radius 1 is 1.22 bits per heavy atom. The van der Waals surface area contributed by atoms with E-state index in [1.54, 1.807) is 0 Å². The van der Waals surface area contributed by atoms with Gasteiger partial charge in [-0.3, -0.25) is 0 Å². The van der Waals surface area contributed by atoms with Gasteiger partial charge in [0.1, 0.15) is 5.82 Å². The summed E-state index contributed by atoms with van der Waals surface area (Å²) in [5.41, 5.74) is 3.44. The lowest BCUT2D eigenvalue weighted by molar-refractivity contribution is 0.0277. The molecule has 0 unspecified atom stereocenters. The van der Waals surface area contributed by atoms with Gasteiger partial charge < -0.3 is 10.1 Å². The minimum absolute atomic E-state index is 0.0411. The Labute approximate surface area is 141 Å². The highest BCUT2D eigenvalue weighted by atomic mass is 35.5. The molecule has 2 fully saturated rings.